The summed E-state index contributed by atoms with van der Waals surface area (Å²) in [6.07, 6.45) is 1.28. The molecule has 0 bridgehead atoms. The van der Waals surface area contributed by atoms with Gasteiger partial charge in [0.05, 0.1) is 29.1 Å². The van der Waals surface area contributed by atoms with E-state index in [0.29, 0.717) is 28.6 Å². The maximum atomic E-state index is 13.6. The van der Waals surface area contributed by atoms with Gasteiger partial charge in [-0.25, -0.2) is 8.42 Å². The monoisotopic (exact) mass is 563 g/mol. The molecular weight excluding hydrogens is 537 g/mol. The number of carbonyl (C=O) groups is 2. The molecule has 35 heavy (non-hydrogen) atoms. The molecule has 2 amide bonds. The molecule has 8 nitrogen and oxygen atoms in total. The highest BCUT2D eigenvalue weighted by molar-refractivity contribution is 7.92. The Morgan fingerprint density at radius 3 is 2.29 bits per heavy atom. The molecule has 0 aliphatic carbocycles. The van der Waals surface area contributed by atoms with Crippen LogP contribution in [0.1, 0.15) is 25.8 Å². The lowest BCUT2D eigenvalue weighted by Gasteiger charge is -2.33. The van der Waals surface area contributed by atoms with Crippen LogP contribution in [0.25, 0.3) is 0 Å². The average molecular weight is 565 g/mol. The quantitative estimate of drug-likeness (QED) is 0.437. The lowest BCUT2D eigenvalue weighted by atomic mass is 10.1. The number of nitrogens with zero attached hydrogens (tertiary/aromatic N) is 2. The van der Waals surface area contributed by atoms with Crippen LogP contribution in [0.2, 0.25) is 15.1 Å². The van der Waals surface area contributed by atoms with Crippen molar-refractivity contribution in [2.45, 2.75) is 32.9 Å². The number of benzene rings is 2. The minimum Gasteiger partial charge on any atom is -0.495 e. The van der Waals surface area contributed by atoms with Crippen LogP contribution in [-0.2, 0) is 26.2 Å². The summed E-state index contributed by atoms with van der Waals surface area (Å²) in [5.74, 6) is -0.726. The van der Waals surface area contributed by atoms with E-state index < -0.39 is 28.5 Å². The zero-order valence-electron chi connectivity index (χ0n) is 19.8. The molecule has 0 saturated heterocycles. The number of ether oxygens (including phenoxy) is 1. The second-order valence-electron chi connectivity index (χ2n) is 7.67. The number of likely N-dealkylation sites (N-methyl/N-ethyl adjacent to an activating group) is 1. The van der Waals surface area contributed by atoms with Gasteiger partial charge < -0.3 is 15.0 Å². The summed E-state index contributed by atoms with van der Waals surface area (Å²) in [4.78, 5) is 27.8. The summed E-state index contributed by atoms with van der Waals surface area (Å²) in [6.45, 7) is 3.34. The van der Waals surface area contributed by atoms with Gasteiger partial charge in [-0.2, -0.15) is 0 Å². The number of amides is 2. The van der Waals surface area contributed by atoms with Crippen molar-refractivity contribution in [3.8, 4) is 5.75 Å². The second-order valence-corrected chi connectivity index (χ2v) is 10.8. The maximum Gasteiger partial charge on any atom is 0.244 e. The molecule has 0 saturated carbocycles. The van der Waals surface area contributed by atoms with E-state index in [1.165, 1.54) is 24.1 Å². The normalized spacial score (nSPS) is 12.1. The summed E-state index contributed by atoms with van der Waals surface area (Å²) in [5, 5.41) is 3.64. The van der Waals surface area contributed by atoms with Gasteiger partial charge in [-0.1, -0.05) is 47.8 Å². The number of anilines is 1. The molecule has 0 fully saturated rings. The molecule has 0 aliphatic heterocycles. The van der Waals surface area contributed by atoms with Crippen LogP contribution in [0.3, 0.4) is 0 Å². The summed E-state index contributed by atoms with van der Waals surface area (Å²) in [6, 6.07) is 8.49. The molecule has 2 aromatic carbocycles. The first kappa shape index (κ1) is 29.0. The number of nitrogens with one attached hydrogen (secondary N) is 1. The fourth-order valence-corrected chi connectivity index (χ4v) is 4.83. The molecule has 12 heteroatoms. The first-order valence-corrected chi connectivity index (χ1v) is 13.7. The molecule has 0 heterocycles. The third-order valence-corrected chi connectivity index (χ3v) is 7.26. The van der Waals surface area contributed by atoms with Gasteiger partial charge in [0.15, 0.2) is 0 Å². The van der Waals surface area contributed by atoms with Crippen LogP contribution in [0.5, 0.6) is 5.75 Å². The van der Waals surface area contributed by atoms with Crippen molar-refractivity contribution < 1.29 is 22.7 Å². The summed E-state index contributed by atoms with van der Waals surface area (Å²) in [5.41, 5.74) is 0.734. The summed E-state index contributed by atoms with van der Waals surface area (Å²) < 4.78 is 31.7. The Kier molecular flexibility index (Phi) is 10.5. The van der Waals surface area contributed by atoms with Gasteiger partial charge in [-0.3, -0.25) is 13.9 Å². The largest absolute Gasteiger partial charge is 0.495 e. The summed E-state index contributed by atoms with van der Waals surface area (Å²) >= 11 is 18.3. The molecule has 2 aromatic rings. The van der Waals surface area contributed by atoms with Gasteiger partial charge in [0.25, 0.3) is 0 Å². The lowest BCUT2D eigenvalue weighted by Crippen LogP contribution is -2.52. The molecule has 2 rings (SSSR count). The van der Waals surface area contributed by atoms with Gasteiger partial charge in [-0.05, 0) is 49.2 Å². The number of sulfonamides is 1. The summed E-state index contributed by atoms with van der Waals surface area (Å²) in [7, 11) is -2.55. The van der Waals surface area contributed by atoms with Crippen LogP contribution < -0.4 is 14.4 Å². The highest BCUT2D eigenvalue weighted by Crippen LogP contribution is 2.33. The van der Waals surface area contributed by atoms with Crippen molar-refractivity contribution in [1.82, 2.24) is 10.2 Å². The van der Waals surface area contributed by atoms with Crippen molar-refractivity contribution in [3.63, 3.8) is 0 Å². The van der Waals surface area contributed by atoms with Crippen molar-refractivity contribution in [3.05, 3.63) is 57.0 Å². The van der Waals surface area contributed by atoms with Crippen LogP contribution in [0.4, 0.5) is 5.69 Å². The van der Waals surface area contributed by atoms with Crippen LogP contribution >= 0.6 is 34.8 Å². The molecule has 192 valence electrons. The Bertz CT molecular complexity index is 1180. The SMILES string of the molecule is CCNC(=O)C(CC)N(Cc1ccc(Cl)c(Cl)c1)C(=O)CN(c1cc(Cl)ccc1OC)S(C)(=O)=O. The molecule has 1 atom stereocenters. The van der Waals surface area contributed by atoms with Crippen molar-refractivity contribution in [1.29, 1.82) is 0 Å². The number of carbonyl (C=O) groups excluding carboxylic acids is 2. The fourth-order valence-electron chi connectivity index (χ4n) is 3.50. The number of hydrogen-bond acceptors (Lipinski definition) is 5. The third kappa shape index (κ3) is 7.64. The van der Waals surface area contributed by atoms with Crippen LogP contribution in [0, 0.1) is 0 Å². The Morgan fingerprint density at radius 2 is 1.74 bits per heavy atom. The van der Waals surface area contributed by atoms with Crippen LogP contribution in [0.15, 0.2) is 36.4 Å². The zero-order valence-corrected chi connectivity index (χ0v) is 22.9. The predicted octanol–water partition coefficient (Wildman–Crippen LogP) is 4.36. The zero-order chi connectivity index (χ0) is 26.3. The Morgan fingerprint density at radius 1 is 1.06 bits per heavy atom. The number of methoxy groups -OCH3 is 1. The van der Waals surface area contributed by atoms with E-state index in [4.69, 9.17) is 39.5 Å². The molecule has 0 radical (unpaired) electrons. The Hall–Kier alpha value is -2.20. The number of hydrogen-bond donors (Lipinski definition) is 1. The predicted molar refractivity (Wildman–Crippen MR) is 140 cm³/mol. The van der Waals surface area contributed by atoms with E-state index in [1.54, 1.807) is 38.1 Å². The Balaban J connectivity index is 2.52. The van der Waals surface area contributed by atoms with Crippen LogP contribution in [-0.4, -0.2) is 57.6 Å². The molecule has 0 aliphatic rings. The first-order chi connectivity index (χ1) is 16.4. The van der Waals surface area contributed by atoms with E-state index in [2.05, 4.69) is 5.32 Å². The maximum absolute atomic E-state index is 13.6. The van der Waals surface area contributed by atoms with E-state index in [-0.39, 0.29) is 28.9 Å². The van der Waals surface area contributed by atoms with E-state index in [9.17, 15) is 18.0 Å². The van der Waals surface area contributed by atoms with Gasteiger partial charge in [-0.15, -0.1) is 0 Å². The smallest absolute Gasteiger partial charge is 0.244 e. The highest BCUT2D eigenvalue weighted by Gasteiger charge is 2.32. The number of halogens is 3. The molecule has 1 unspecified atom stereocenters. The van der Waals surface area contributed by atoms with Gasteiger partial charge in [0.2, 0.25) is 21.8 Å². The van der Waals surface area contributed by atoms with E-state index in [0.717, 1.165) is 10.6 Å². The topological polar surface area (TPSA) is 96.0 Å². The number of rotatable bonds is 11. The molecule has 0 aromatic heterocycles. The average Bonchev–Trinajstić information content (AvgIpc) is 2.79. The molecular formula is C23H28Cl3N3O5S. The van der Waals surface area contributed by atoms with Gasteiger partial charge in [0.1, 0.15) is 18.3 Å². The van der Waals surface area contributed by atoms with Gasteiger partial charge in [0, 0.05) is 18.1 Å². The van der Waals surface area contributed by atoms with Gasteiger partial charge >= 0.3 is 0 Å². The highest BCUT2D eigenvalue weighted by atomic mass is 35.5. The minimum absolute atomic E-state index is 0.00957. The van der Waals surface area contributed by atoms with Crippen molar-refractivity contribution in [2.24, 2.45) is 0 Å². The second kappa shape index (κ2) is 12.7. The molecule has 1 N–H and O–H groups in total. The van der Waals surface area contributed by atoms with E-state index >= 15 is 0 Å². The Labute approximate surface area is 221 Å². The molecule has 0 spiro atoms. The third-order valence-electron chi connectivity index (χ3n) is 5.16. The fraction of sp³-hybridized carbons (Fsp3) is 0.391. The van der Waals surface area contributed by atoms with Crippen molar-refractivity contribution in [2.75, 3.05) is 30.8 Å². The van der Waals surface area contributed by atoms with E-state index in [1.807, 2.05) is 0 Å². The van der Waals surface area contributed by atoms with Crippen molar-refractivity contribution >= 4 is 62.3 Å². The lowest BCUT2D eigenvalue weighted by molar-refractivity contribution is -0.140. The first-order valence-electron chi connectivity index (χ1n) is 10.7. The standard InChI is InChI=1S/C23H28Cl3N3O5S/c1-5-19(23(31)27-6-2)28(13-15-7-9-17(25)18(26)11-15)22(30)14-29(35(4,32)33)20-12-16(24)8-10-21(20)34-3/h7-12,19H,5-6,13-14H2,1-4H3,(H,27,31). The minimum atomic E-state index is -3.94.